The number of aryl methyl sites for hydroxylation is 1. The highest BCUT2D eigenvalue weighted by atomic mass is 16.2. The zero-order valence-corrected chi connectivity index (χ0v) is 15.3. The van der Waals surface area contributed by atoms with E-state index in [4.69, 9.17) is 0 Å². The Morgan fingerprint density at radius 3 is 2.85 bits per heavy atom. The minimum Gasteiger partial charge on any atom is -0.338 e. The maximum absolute atomic E-state index is 12.0. The van der Waals surface area contributed by atoms with Crippen molar-refractivity contribution >= 4 is 6.03 Å². The third-order valence-corrected chi connectivity index (χ3v) is 4.88. The minimum absolute atomic E-state index is 0.0734. The summed E-state index contributed by atoms with van der Waals surface area (Å²) in [5, 5.41) is 10.1. The Morgan fingerprint density at radius 2 is 2.04 bits per heavy atom. The van der Waals surface area contributed by atoms with Crippen LogP contribution in [0.15, 0.2) is 48.8 Å². The van der Waals surface area contributed by atoms with Crippen molar-refractivity contribution in [1.29, 1.82) is 0 Å². The van der Waals surface area contributed by atoms with E-state index in [1.165, 1.54) is 18.4 Å². The molecule has 140 valence electrons. The molecule has 1 aliphatic heterocycles. The van der Waals surface area contributed by atoms with Crippen LogP contribution in [-0.2, 0) is 13.1 Å². The summed E-state index contributed by atoms with van der Waals surface area (Å²) in [7, 11) is 0. The number of carbonyl (C=O) groups is 1. The molecule has 1 aromatic heterocycles. The Labute approximate surface area is 155 Å². The molecule has 1 atom stereocenters. The Balaban J connectivity index is 1.36. The van der Waals surface area contributed by atoms with Crippen molar-refractivity contribution < 1.29 is 4.79 Å². The fraction of sp³-hybridized carbons (Fsp3) is 0.500. The van der Waals surface area contributed by atoms with E-state index in [0.717, 1.165) is 32.5 Å². The maximum Gasteiger partial charge on any atom is 0.314 e. The van der Waals surface area contributed by atoms with Gasteiger partial charge in [0.1, 0.15) is 0 Å². The molecule has 1 unspecified atom stereocenters. The van der Waals surface area contributed by atoms with Crippen LogP contribution >= 0.6 is 0 Å². The molecule has 1 aliphatic rings. The molecule has 3 rings (SSSR count). The Hall–Kier alpha value is -2.34. The van der Waals surface area contributed by atoms with Crippen LogP contribution in [-0.4, -0.2) is 46.4 Å². The van der Waals surface area contributed by atoms with E-state index in [0.29, 0.717) is 19.1 Å². The van der Waals surface area contributed by atoms with Gasteiger partial charge in [0.15, 0.2) is 0 Å². The highest BCUT2D eigenvalue weighted by molar-refractivity contribution is 5.73. The number of amides is 2. The smallest absolute Gasteiger partial charge is 0.314 e. The van der Waals surface area contributed by atoms with Crippen LogP contribution in [0.1, 0.15) is 31.2 Å². The zero-order valence-electron chi connectivity index (χ0n) is 15.3. The number of nitrogens with one attached hydrogen (secondary N) is 2. The predicted octanol–water partition coefficient (Wildman–Crippen LogP) is 2.63. The number of likely N-dealkylation sites (tertiary alicyclic amines) is 1. The number of hydrogen-bond donors (Lipinski definition) is 2. The van der Waals surface area contributed by atoms with E-state index in [2.05, 4.69) is 51.0 Å². The van der Waals surface area contributed by atoms with Crippen molar-refractivity contribution in [1.82, 2.24) is 25.3 Å². The molecule has 6 heteroatoms. The number of piperidine rings is 1. The summed E-state index contributed by atoms with van der Waals surface area (Å²) in [5.41, 5.74) is 1.34. The van der Waals surface area contributed by atoms with Crippen LogP contribution < -0.4 is 10.6 Å². The average Bonchev–Trinajstić information content (AvgIpc) is 3.19. The van der Waals surface area contributed by atoms with Crippen LogP contribution in [0.2, 0.25) is 0 Å². The van der Waals surface area contributed by atoms with Crippen molar-refractivity contribution in [2.24, 2.45) is 0 Å². The molecule has 1 saturated heterocycles. The van der Waals surface area contributed by atoms with E-state index in [-0.39, 0.29) is 6.03 Å². The first-order valence-corrected chi connectivity index (χ1v) is 9.58. The van der Waals surface area contributed by atoms with Gasteiger partial charge in [-0.3, -0.25) is 9.58 Å². The number of nitrogens with zero attached hydrogens (tertiary/aromatic N) is 3. The first-order chi connectivity index (χ1) is 12.8. The lowest BCUT2D eigenvalue weighted by molar-refractivity contribution is 0.138. The molecule has 2 N–H and O–H groups in total. The van der Waals surface area contributed by atoms with Crippen LogP contribution in [0.25, 0.3) is 0 Å². The number of benzene rings is 1. The summed E-state index contributed by atoms with van der Waals surface area (Å²) in [6.07, 6.45) is 8.20. The van der Waals surface area contributed by atoms with Crippen LogP contribution in [0.4, 0.5) is 4.79 Å². The van der Waals surface area contributed by atoms with E-state index in [1.807, 2.05) is 16.9 Å². The summed E-state index contributed by atoms with van der Waals surface area (Å²) in [6, 6.07) is 12.8. The Kier molecular flexibility index (Phi) is 7.07. The lowest BCUT2D eigenvalue weighted by atomic mass is 10.0. The van der Waals surface area contributed by atoms with Crippen LogP contribution in [0, 0.1) is 0 Å². The largest absolute Gasteiger partial charge is 0.338 e. The quantitative estimate of drug-likeness (QED) is 0.716. The molecule has 2 heterocycles. The molecular formula is C20H29N5O. The van der Waals surface area contributed by atoms with Gasteiger partial charge in [-0.25, -0.2) is 4.79 Å². The monoisotopic (exact) mass is 355 g/mol. The highest BCUT2D eigenvalue weighted by Gasteiger charge is 2.22. The van der Waals surface area contributed by atoms with Crippen molar-refractivity contribution in [2.75, 3.05) is 19.6 Å². The second kappa shape index (κ2) is 9.97. The van der Waals surface area contributed by atoms with E-state index >= 15 is 0 Å². The normalized spacial score (nSPS) is 17.8. The van der Waals surface area contributed by atoms with Gasteiger partial charge >= 0.3 is 6.03 Å². The number of carbonyl (C=O) groups excluding carboxylic acids is 1. The lowest BCUT2D eigenvalue weighted by Crippen LogP contribution is -2.48. The third kappa shape index (κ3) is 5.88. The number of urea groups is 1. The first-order valence-electron chi connectivity index (χ1n) is 9.58. The first kappa shape index (κ1) is 18.5. The van der Waals surface area contributed by atoms with Crippen molar-refractivity contribution in [2.45, 2.75) is 44.8 Å². The second-order valence-corrected chi connectivity index (χ2v) is 6.87. The topological polar surface area (TPSA) is 62.2 Å². The number of hydrogen-bond acceptors (Lipinski definition) is 3. The molecule has 1 aromatic carbocycles. The molecule has 6 nitrogen and oxygen atoms in total. The van der Waals surface area contributed by atoms with Gasteiger partial charge in [0.2, 0.25) is 0 Å². The molecule has 2 amide bonds. The van der Waals surface area contributed by atoms with E-state index in [1.54, 1.807) is 6.20 Å². The summed E-state index contributed by atoms with van der Waals surface area (Å²) >= 11 is 0. The summed E-state index contributed by atoms with van der Waals surface area (Å²) in [5.74, 6) is 0. The summed E-state index contributed by atoms with van der Waals surface area (Å²) < 4.78 is 1.88. The second-order valence-electron chi connectivity index (χ2n) is 6.87. The fourth-order valence-electron chi connectivity index (χ4n) is 3.47. The Morgan fingerprint density at radius 1 is 1.15 bits per heavy atom. The molecule has 0 aliphatic carbocycles. The van der Waals surface area contributed by atoms with Gasteiger partial charge < -0.3 is 10.6 Å². The molecule has 0 radical (unpaired) electrons. The number of rotatable bonds is 8. The standard InChI is InChI=1S/C20H29N5O/c26-20(21-11-6-14-25-15-7-12-23-25)22-16-19-10-4-5-13-24(19)17-18-8-2-1-3-9-18/h1-3,7-9,12,15,19H,4-6,10-11,13-14,16-17H2,(H2,21,22,26). The van der Waals surface area contributed by atoms with Crippen LogP contribution in [0.5, 0.6) is 0 Å². The number of aromatic nitrogens is 2. The zero-order chi connectivity index (χ0) is 18.0. The third-order valence-electron chi connectivity index (χ3n) is 4.88. The van der Waals surface area contributed by atoms with Crippen molar-refractivity contribution in [3.8, 4) is 0 Å². The summed E-state index contributed by atoms with van der Waals surface area (Å²) in [6.45, 7) is 4.24. The van der Waals surface area contributed by atoms with E-state index in [9.17, 15) is 4.79 Å². The van der Waals surface area contributed by atoms with Gasteiger partial charge in [0, 0.05) is 44.6 Å². The molecule has 0 saturated carbocycles. The molecule has 2 aromatic rings. The minimum atomic E-state index is -0.0734. The molecule has 0 spiro atoms. The lowest BCUT2D eigenvalue weighted by Gasteiger charge is -2.35. The van der Waals surface area contributed by atoms with Crippen molar-refractivity contribution in [3.63, 3.8) is 0 Å². The predicted molar refractivity (Wildman–Crippen MR) is 103 cm³/mol. The highest BCUT2D eigenvalue weighted by Crippen LogP contribution is 2.19. The van der Waals surface area contributed by atoms with Gasteiger partial charge in [-0.1, -0.05) is 36.8 Å². The molecular weight excluding hydrogens is 326 g/mol. The molecule has 26 heavy (non-hydrogen) atoms. The van der Waals surface area contributed by atoms with Gasteiger partial charge in [0.25, 0.3) is 0 Å². The summed E-state index contributed by atoms with van der Waals surface area (Å²) in [4.78, 5) is 14.5. The van der Waals surface area contributed by atoms with E-state index < -0.39 is 0 Å². The van der Waals surface area contributed by atoms with Crippen molar-refractivity contribution in [3.05, 3.63) is 54.4 Å². The van der Waals surface area contributed by atoms with Gasteiger partial charge in [-0.2, -0.15) is 5.10 Å². The molecule has 0 bridgehead atoms. The average molecular weight is 355 g/mol. The SMILES string of the molecule is O=C(NCCCn1cccn1)NCC1CCCCN1Cc1ccccc1. The maximum atomic E-state index is 12.0. The van der Waals surface area contributed by atoms with Gasteiger partial charge in [-0.05, 0) is 37.4 Å². The molecule has 1 fully saturated rings. The van der Waals surface area contributed by atoms with Gasteiger partial charge in [-0.15, -0.1) is 0 Å². The fourth-order valence-corrected chi connectivity index (χ4v) is 3.47. The van der Waals surface area contributed by atoms with Gasteiger partial charge in [0.05, 0.1) is 0 Å². The van der Waals surface area contributed by atoms with Crippen LogP contribution in [0.3, 0.4) is 0 Å². The Bertz CT molecular complexity index is 643.